The molecule has 164 valence electrons. The summed E-state index contributed by atoms with van der Waals surface area (Å²) in [5.74, 6) is 0.634. The molecule has 0 heterocycles. The number of carbonyl (C=O) groups excluding carboxylic acids is 1. The van der Waals surface area contributed by atoms with Crippen LogP contribution < -0.4 is 16.0 Å². The zero-order valence-corrected chi connectivity index (χ0v) is 20.8. The molecule has 2 rings (SSSR count). The first-order valence-corrected chi connectivity index (χ1v) is 10.1. The molecule has 2 aromatic carbocycles. The molecule has 0 radical (unpaired) electrons. The number of likely N-dealkylation sites (N-methyl/N-ethyl adjacent to an activating group) is 1. The van der Waals surface area contributed by atoms with Crippen molar-refractivity contribution in [3.05, 3.63) is 70.2 Å². The van der Waals surface area contributed by atoms with Crippen LogP contribution in [0.1, 0.15) is 28.4 Å². The zero-order chi connectivity index (χ0) is 21.1. The molecule has 0 saturated heterocycles. The Hall–Kier alpha value is -1.84. The van der Waals surface area contributed by atoms with E-state index in [9.17, 15) is 4.79 Å². The van der Waals surface area contributed by atoms with Crippen LogP contribution in [0.2, 0.25) is 5.02 Å². The summed E-state index contributed by atoms with van der Waals surface area (Å²) in [5, 5.41) is 10.2. The van der Waals surface area contributed by atoms with Gasteiger partial charge in [0.2, 0.25) is 0 Å². The Labute approximate surface area is 201 Å². The van der Waals surface area contributed by atoms with E-state index < -0.39 is 0 Å². The van der Waals surface area contributed by atoms with Gasteiger partial charge in [0.25, 0.3) is 5.91 Å². The average Bonchev–Trinajstić information content (AvgIpc) is 2.71. The second-order valence-electron chi connectivity index (χ2n) is 6.90. The normalized spacial score (nSPS) is 11.0. The maximum absolute atomic E-state index is 12.3. The third-order valence-electron chi connectivity index (χ3n) is 4.20. The fourth-order valence-electron chi connectivity index (χ4n) is 2.64. The van der Waals surface area contributed by atoms with Crippen molar-refractivity contribution >= 4 is 47.4 Å². The van der Waals surface area contributed by atoms with E-state index in [1.54, 1.807) is 0 Å². The maximum atomic E-state index is 12.3. The quantitative estimate of drug-likeness (QED) is 0.257. The van der Waals surface area contributed by atoms with Crippen molar-refractivity contribution in [2.45, 2.75) is 20.0 Å². The lowest BCUT2D eigenvalue weighted by molar-refractivity contribution is 0.0951. The number of amides is 1. The minimum absolute atomic E-state index is 0. The Morgan fingerprint density at radius 1 is 1.07 bits per heavy atom. The van der Waals surface area contributed by atoms with Crippen LogP contribution in [-0.4, -0.2) is 50.5 Å². The Morgan fingerprint density at radius 3 is 2.53 bits per heavy atom. The fourth-order valence-corrected chi connectivity index (χ4v) is 2.84. The maximum Gasteiger partial charge on any atom is 0.251 e. The Balaban J connectivity index is 0.00000450. The minimum Gasteiger partial charge on any atom is -0.357 e. The van der Waals surface area contributed by atoms with E-state index >= 15 is 0 Å². The van der Waals surface area contributed by atoms with E-state index in [0.717, 1.165) is 29.2 Å². The molecule has 0 atom stereocenters. The van der Waals surface area contributed by atoms with E-state index in [1.165, 1.54) is 0 Å². The summed E-state index contributed by atoms with van der Waals surface area (Å²) >= 11 is 6.22. The highest BCUT2D eigenvalue weighted by atomic mass is 127. The highest BCUT2D eigenvalue weighted by Crippen LogP contribution is 2.14. The van der Waals surface area contributed by atoms with Gasteiger partial charge in [0.1, 0.15) is 0 Å². The largest absolute Gasteiger partial charge is 0.357 e. The second kappa shape index (κ2) is 14.2. The van der Waals surface area contributed by atoms with Crippen LogP contribution in [0.3, 0.4) is 0 Å². The van der Waals surface area contributed by atoms with Crippen molar-refractivity contribution in [3.8, 4) is 0 Å². The topological polar surface area (TPSA) is 68.8 Å². The van der Waals surface area contributed by atoms with Gasteiger partial charge >= 0.3 is 0 Å². The Bertz CT molecular complexity index is 829. The monoisotopic (exact) mass is 543 g/mol. The number of guanidine groups is 1. The van der Waals surface area contributed by atoms with Crippen LogP contribution in [0.5, 0.6) is 0 Å². The van der Waals surface area contributed by atoms with Crippen LogP contribution in [0, 0.1) is 0 Å². The van der Waals surface area contributed by atoms with Crippen LogP contribution in [0.4, 0.5) is 0 Å². The zero-order valence-electron chi connectivity index (χ0n) is 17.7. The average molecular weight is 544 g/mol. The predicted octanol–water partition coefficient (Wildman–Crippen LogP) is 3.50. The van der Waals surface area contributed by atoms with Crippen LogP contribution in [-0.2, 0) is 13.1 Å². The van der Waals surface area contributed by atoms with Gasteiger partial charge in [-0.25, -0.2) is 4.99 Å². The van der Waals surface area contributed by atoms with Crippen LogP contribution >= 0.6 is 35.6 Å². The first kappa shape index (κ1) is 26.2. The SMILES string of the molecule is CCNC(=NCc1cccc(C(=O)NCCN(C)C)c1)NCc1ccccc1Cl.I. The second-order valence-corrected chi connectivity index (χ2v) is 7.31. The molecule has 0 aliphatic carbocycles. The highest BCUT2D eigenvalue weighted by molar-refractivity contribution is 14.0. The number of carbonyl (C=O) groups is 1. The lowest BCUT2D eigenvalue weighted by Gasteiger charge is -2.12. The molecular weight excluding hydrogens is 513 g/mol. The molecule has 0 unspecified atom stereocenters. The molecule has 0 aliphatic heterocycles. The minimum atomic E-state index is -0.0681. The van der Waals surface area contributed by atoms with E-state index in [0.29, 0.717) is 31.2 Å². The van der Waals surface area contributed by atoms with Gasteiger partial charge in [0, 0.05) is 36.8 Å². The van der Waals surface area contributed by atoms with Gasteiger partial charge < -0.3 is 20.9 Å². The molecule has 2 aromatic rings. The van der Waals surface area contributed by atoms with Crippen LogP contribution in [0.15, 0.2) is 53.5 Å². The van der Waals surface area contributed by atoms with Gasteiger partial charge in [0.05, 0.1) is 6.54 Å². The molecule has 1 amide bonds. The van der Waals surface area contributed by atoms with E-state index in [1.807, 2.05) is 74.4 Å². The molecule has 0 aliphatic rings. The van der Waals surface area contributed by atoms with Gasteiger partial charge in [-0.15, -0.1) is 24.0 Å². The van der Waals surface area contributed by atoms with Gasteiger partial charge in [-0.1, -0.05) is 41.9 Å². The van der Waals surface area contributed by atoms with Crippen LogP contribution in [0.25, 0.3) is 0 Å². The number of nitrogens with zero attached hydrogens (tertiary/aromatic N) is 2. The van der Waals surface area contributed by atoms with Crippen molar-refractivity contribution in [1.82, 2.24) is 20.9 Å². The van der Waals surface area contributed by atoms with E-state index in [-0.39, 0.29) is 29.9 Å². The predicted molar refractivity (Wildman–Crippen MR) is 136 cm³/mol. The molecule has 30 heavy (non-hydrogen) atoms. The number of halogens is 2. The first-order chi connectivity index (χ1) is 14.0. The Kier molecular flexibility index (Phi) is 12.4. The summed E-state index contributed by atoms with van der Waals surface area (Å²) in [4.78, 5) is 19.0. The molecule has 0 spiro atoms. The fraction of sp³-hybridized carbons (Fsp3) is 0.364. The van der Waals surface area contributed by atoms with Gasteiger partial charge in [-0.2, -0.15) is 0 Å². The number of nitrogens with one attached hydrogen (secondary N) is 3. The van der Waals surface area contributed by atoms with E-state index in [4.69, 9.17) is 11.6 Å². The molecule has 8 heteroatoms. The van der Waals surface area contributed by atoms with Crippen molar-refractivity contribution in [2.75, 3.05) is 33.7 Å². The lowest BCUT2D eigenvalue weighted by atomic mass is 10.1. The van der Waals surface area contributed by atoms with Gasteiger partial charge in [-0.3, -0.25) is 4.79 Å². The summed E-state index contributed by atoms with van der Waals surface area (Å²) in [7, 11) is 3.96. The molecule has 0 fully saturated rings. The summed E-state index contributed by atoms with van der Waals surface area (Å²) in [6, 6.07) is 15.3. The first-order valence-electron chi connectivity index (χ1n) is 9.77. The van der Waals surface area contributed by atoms with Crippen molar-refractivity contribution < 1.29 is 4.79 Å². The molecule has 0 saturated carbocycles. The smallest absolute Gasteiger partial charge is 0.251 e. The molecule has 0 bridgehead atoms. The van der Waals surface area contributed by atoms with Crippen molar-refractivity contribution in [3.63, 3.8) is 0 Å². The molecule has 6 nitrogen and oxygen atoms in total. The molecule has 0 aromatic heterocycles. The van der Waals surface area contributed by atoms with Gasteiger partial charge in [-0.05, 0) is 50.3 Å². The lowest BCUT2D eigenvalue weighted by Crippen LogP contribution is -2.36. The third-order valence-corrected chi connectivity index (χ3v) is 4.57. The number of rotatable bonds is 9. The molecular formula is C22H31ClIN5O. The summed E-state index contributed by atoms with van der Waals surface area (Å²) < 4.78 is 0. The summed E-state index contributed by atoms with van der Waals surface area (Å²) in [5.41, 5.74) is 2.63. The van der Waals surface area contributed by atoms with Crippen molar-refractivity contribution in [1.29, 1.82) is 0 Å². The standard InChI is InChI=1S/C22H30ClN5O.HI/c1-4-24-22(27-16-19-9-5-6-11-20(19)23)26-15-17-8-7-10-18(14-17)21(29)25-12-13-28(2)3;/h5-11,14H,4,12-13,15-16H2,1-3H3,(H,25,29)(H2,24,26,27);1H. The number of hydrogen-bond donors (Lipinski definition) is 3. The highest BCUT2D eigenvalue weighted by Gasteiger charge is 2.06. The number of hydrogen-bond acceptors (Lipinski definition) is 3. The third kappa shape index (κ3) is 9.32. The summed E-state index contributed by atoms with van der Waals surface area (Å²) in [6.07, 6.45) is 0. The number of aliphatic imine (C=N–C) groups is 1. The van der Waals surface area contributed by atoms with Gasteiger partial charge in [0.15, 0.2) is 5.96 Å². The van der Waals surface area contributed by atoms with Crippen molar-refractivity contribution in [2.24, 2.45) is 4.99 Å². The molecule has 3 N–H and O–H groups in total. The van der Waals surface area contributed by atoms with E-state index in [2.05, 4.69) is 20.9 Å². The Morgan fingerprint density at radius 2 is 1.83 bits per heavy atom. The number of benzene rings is 2. The summed E-state index contributed by atoms with van der Waals surface area (Å²) in [6.45, 7) is 5.24.